The van der Waals surface area contributed by atoms with Crippen LogP contribution in [0.15, 0.2) is 29.3 Å². The lowest BCUT2D eigenvalue weighted by atomic mass is 9.74. The molecule has 2 amide bonds. The number of rotatable bonds is 3. The molecule has 1 saturated carbocycles. The number of hydrogen-bond donors (Lipinski definition) is 1. The maximum absolute atomic E-state index is 13.2. The molecule has 3 aromatic heterocycles. The van der Waals surface area contributed by atoms with Crippen molar-refractivity contribution >= 4 is 17.8 Å². The average molecular weight is 395 g/mol. The molecule has 2 aliphatic rings. The molecule has 29 heavy (non-hydrogen) atoms. The summed E-state index contributed by atoms with van der Waals surface area (Å²) in [5, 5.41) is 8.66. The lowest BCUT2D eigenvalue weighted by Crippen LogP contribution is -2.65. The van der Waals surface area contributed by atoms with Crippen LogP contribution < -0.4 is 5.56 Å². The molecule has 1 spiro atoms. The van der Waals surface area contributed by atoms with E-state index in [0.29, 0.717) is 36.4 Å². The summed E-state index contributed by atoms with van der Waals surface area (Å²) in [6.07, 6.45) is 7.03. The molecule has 0 aromatic carbocycles. The van der Waals surface area contributed by atoms with Crippen LogP contribution >= 0.6 is 0 Å². The van der Waals surface area contributed by atoms with Crippen molar-refractivity contribution in [3.63, 3.8) is 0 Å². The fourth-order valence-electron chi connectivity index (χ4n) is 4.39. The van der Waals surface area contributed by atoms with E-state index in [1.807, 2.05) is 4.90 Å². The molecule has 10 heteroatoms. The first kappa shape index (κ1) is 17.7. The topological polar surface area (TPSA) is 109 Å². The van der Waals surface area contributed by atoms with Gasteiger partial charge in [0.15, 0.2) is 0 Å². The fourth-order valence-corrected chi connectivity index (χ4v) is 4.39. The van der Waals surface area contributed by atoms with Crippen LogP contribution in [0.3, 0.4) is 0 Å². The van der Waals surface area contributed by atoms with Crippen molar-refractivity contribution in [3.8, 4) is 5.95 Å². The second-order valence-corrected chi connectivity index (χ2v) is 7.77. The van der Waals surface area contributed by atoms with Gasteiger partial charge in [-0.25, -0.2) is 9.20 Å². The number of hydrogen-bond acceptors (Lipinski definition) is 5. The normalized spacial score (nSPS) is 18.2. The summed E-state index contributed by atoms with van der Waals surface area (Å²) in [6, 6.07) is 3.41. The van der Waals surface area contributed by atoms with E-state index in [1.54, 1.807) is 30.2 Å². The smallest absolute Gasteiger partial charge is 0.276 e. The first-order valence-corrected chi connectivity index (χ1v) is 9.66. The van der Waals surface area contributed by atoms with E-state index >= 15 is 0 Å². The molecule has 4 heterocycles. The number of aromatic nitrogens is 5. The van der Waals surface area contributed by atoms with E-state index < -0.39 is 0 Å². The number of H-pyrrole nitrogens is 1. The van der Waals surface area contributed by atoms with Gasteiger partial charge in [0.25, 0.3) is 11.5 Å². The predicted molar refractivity (Wildman–Crippen MR) is 103 cm³/mol. The monoisotopic (exact) mass is 395 g/mol. The summed E-state index contributed by atoms with van der Waals surface area (Å²) < 4.78 is 2.95. The summed E-state index contributed by atoms with van der Waals surface area (Å²) >= 11 is 0. The summed E-state index contributed by atoms with van der Waals surface area (Å²) in [6.45, 7) is 3.36. The van der Waals surface area contributed by atoms with Crippen LogP contribution in [0.4, 0.5) is 0 Å². The van der Waals surface area contributed by atoms with Gasteiger partial charge in [-0.1, -0.05) is 0 Å². The molecule has 3 aromatic rings. The van der Waals surface area contributed by atoms with Gasteiger partial charge in [0.2, 0.25) is 12.4 Å². The minimum absolute atomic E-state index is 0.116. The Bertz CT molecular complexity index is 1170. The van der Waals surface area contributed by atoms with Crippen LogP contribution in [0.5, 0.6) is 0 Å². The van der Waals surface area contributed by atoms with Gasteiger partial charge in [0.05, 0.1) is 23.0 Å². The van der Waals surface area contributed by atoms with Gasteiger partial charge in [-0.15, -0.1) is 5.10 Å². The Morgan fingerprint density at radius 3 is 2.86 bits per heavy atom. The van der Waals surface area contributed by atoms with Crippen LogP contribution in [-0.2, 0) is 4.79 Å². The van der Waals surface area contributed by atoms with Gasteiger partial charge in [0, 0.05) is 25.8 Å². The molecule has 1 aliphatic carbocycles. The summed E-state index contributed by atoms with van der Waals surface area (Å²) in [5.41, 5.74) is 1.01. The zero-order valence-corrected chi connectivity index (χ0v) is 16.0. The quantitative estimate of drug-likeness (QED) is 0.644. The van der Waals surface area contributed by atoms with E-state index in [9.17, 15) is 14.4 Å². The molecule has 0 atom stereocenters. The van der Waals surface area contributed by atoms with Gasteiger partial charge >= 0.3 is 0 Å². The Balaban J connectivity index is 1.45. The highest BCUT2D eigenvalue weighted by atomic mass is 16.2. The van der Waals surface area contributed by atoms with Crippen molar-refractivity contribution < 1.29 is 9.59 Å². The highest BCUT2D eigenvalue weighted by Gasteiger charge is 2.47. The number of nitrogens with zero attached hydrogens (tertiary/aromatic N) is 6. The molecule has 5 rings (SSSR count). The summed E-state index contributed by atoms with van der Waals surface area (Å²) in [4.78, 5) is 43.2. The van der Waals surface area contributed by atoms with Crippen LogP contribution in [0.2, 0.25) is 0 Å². The molecule has 1 N–H and O–H groups in total. The second-order valence-electron chi connectivity index (χ2n) is 7.77. The van der Waals surface area contributed by atoms with Crippen LogP contribution in [0.1, 0.15) is 35.3 Å². The second kappa shape index (κ2) is 6.29. The van der Waals surface area contributed by atoms with Gasteiger partial charge in [-0.3, -0.25) is 19.4 Å². The number of amides is 2. The lowest BCUT2D eigenvalue weighted by Gasteiger charge is -2.54. The maximum Gasteiger partial charge on any atom is 0.276 e. The minimum atomic E-state index is -0.278. The van der Waals surface area contributed by atoms with Crippen molar-refractivity contribution in [1.82, 2.24) is 34.2 Å². The minimum Gasteiger partial charge on any atom is -0.336 e. The van der Waals surface area contributed by atoms with E-state index in [-0.39, 0.29) is 23.0 Å². The standard InChI is InChI=1S/C19H21N7O3/c1-13-14(17(29)23-8-9-24(12-27)19(11-23)5-3-6-19)10-20-26(13)18-21-16(28)15-4-2-7-25(15)22-18/h2,4,7,10,12H,3,5-6,8-9,11H2,1H3,(H,21,22,28). The molecule has 10 nitrogen and oxygen atoms in total. The number of aromatic amines is 1. The molecule has 1 saturated heterocycles. The van der Waals surface area contributed by atoms with Crippen LogP contribution in [-0.4, -0.2) is 71.7 Å². The van der Waals surface area contributed by atoms with Gasteiger partial charge in [0.1, 0.15) is 5.52 Å². The van der Waals surface area contributed by atoms with Crippen molar-refractivity contribution in [2.75, 3.05) is 19.6 Å². The van der Waals surface area contributed by atoms with Gasteiger partial charge in [-0.05, 0) is 38.3 Å². The number of fused-ring (bicyclic) bond motifs is 1. The van der Waals surface area contributed by atoms with Gasteiger partial charge in [-0.2, -0.15) is 5.10 Å². The Morgan fingerprint density at radius 2 is 2.14 bits per heavy atom. The molecular formula is C19H21N7O3. The Morgan fingerprint density at radius 1 is 1.31 bits per heavy atom. The zero-order valence-electron chi connectivity index (χ0n) is 16.0. The first-order valence-electron chi connectivity index (χ1n) is 9.66. The average Bonchev–Trinajstić information content (AvgIpc) is 3.32. The van der Waals surface area contributed by atoms with Crippen LogP contribution in [0, 0.1) is 6.92 Å². The van der Waals surface area contributed by atoms with E-state index in [1.165, 1.54) is 15.4 Å². The molecule has 0 radical (unpaired) electrons. The van der Waals surface area contributed by atoms with E-state index in [2.05, 4.69) is 15.2 Å². The largest absolute Gasteiger partial charge is 0.336 e. The zero-order chi connectivity index (χ0) is 20.2. The number of carbonyl (C=O) groups excluding carboxylic acids is 2. The van der Waals surface area contributed by atoms with E-state index in [0.717, 1.165) is 25.7 Å². The predicted octanol–water partition coefficient (Wildman–Crippen LogP) is 0.354. The van der Waals surface area contributed by atoms with Crippen molar-refractivity contribution in [2.45, 2.75) is 31.7 Å². The molecule has 2 fully saturated rings. The number of carbonyl (C=O) groups is 2. The summed E-state index contributed by atoms with van der Waals surface area (Å²) in [5.74, 6) is 0.131. The van der Waals surface area contributed by atoms with E-state index in [4.69, 9.17) is 0 Å². The van der Waals surface area contributed by atoms with Crippen LogP contribution in [0.25, 0.3) is 11.5 Å². The fraction of sp³-hybridized carbons (Fsp3) is 0.421. The number of nitrogens with one attached hydrogen (secondary N) is 1. The maximum atomic E-state index is 13.2. The molecule has 150 valence electrons. The molecule has 0 bridgehead atoms. The molecule has 0 unspecified atom stereocenters. The van der Waals surface area contributed by atoms with Crippen molar-refractivity contribution in [2.24, 2.45) is 0 Å². The highest BCUT2D eigenvalue weighted by molar-refractivity contribution is 5.95. The number of piperazine rings is 1. The Hall–Kier alpha value is -3.43. The van der Waals surface area contributed by atoms with Crippen molar-refractivity contribution in [1.29, 1.82) is 0 Å². The van der Waals surface area contributed by atoms with Gasteiger partial charge < -0.3 is 9.80 Å². The molecule has 1 aliphatic heterocycles. The summed E-state index contributed by atoms with van der Waals surface area (Å²) in [7, 11) is 0. The Kier molecular flexibility index (Phi) is 3.83. The third-order valence-electron chi connectivity index (χ3n) is 6.23. The third-order valence-corrected chi connectivity index (χ3v) is 6.23. The molecular weight excluding hydrogens is 374 g/mol. The third kappa shape index (κ3) is 2.59. The Labute approximate surface area is 165 Å². The first-order chi connectivity index (χ1) is 14.0. The van der Waals surface area contributed by atoms with Crippen molar-refractivity contribution in [3.05, 3.63) is 46.1 Å². The highest BCUT2D eigenvalue weighted by Crippen LogP contribution is 2.39. The lowest BCUT2D eigenvalue weighted by molar-refractivity contribution is -0.133. The SMILES string of the molecule is Cc1c(C(=O)N2CCN(C=O)C3(CCC3)C2)cnn1-c1nn2cccc2c(=O)[nH]1.